The number of hydrogen-bond donors (Lipinski definition) is 0. The van der Waals surface area contributed by atoms with Crippen LogP contribution >= 0.6 is 11.6 Å². The maximum absolute atomic E-state index is 6.18. The molecule has 0 aliphatic rings. The summed E-state index contributed by atoms with van der Waals surface area (Å²) in [5.41, 5.74) is 1.03. The molecule has 1 atom stereocenters. The summed E-state index contributed by atoms with van der Waals surface area (Å²) in [5.74, 6) is 0.934. The summed E-state index contributed by atoms with van der Waals surface area (Å²) in [7, 11) is 1.71. The van der Waals surface area contributed by atoms with Crippen LogP contribution in [0.3, 0.4) is 0 Å². The highest BCUT2D eigenvalue weighted by Gasteiger charge is 2.19. The van der Waals surface area contributed by atoms with Gasteiger partial charge in [-0.3, -0.25) is 0 Å². The summed E-state index contributed by atoms with van der Waals surface area (Å²) in [6.07, 6.45) is 3.44. The van der Waals surface area contributed by atoms with Gasteiger partial charge >= 0.3 is 0 Å². The third-order valence-corrected chi connectivity index (χ3v) is 3.25. The molecule has 0 fully saturated rings. The molecule has 0 aromatic carbocycles. The minimum Gasteiger partial charge on any atom is -0.383 e. The van der Waals surface area contributed by atoms with Crippen molar-refractivity contribution in [2.45, 2.75) is 39.7 Å². The highest BCUT2D eigenvalue weighted by molar-refractivity contribution is 6.30. The van der Waals surface area contributed by atoms with E-state index < -0.39 is 0 Å². The summed E-state index contributed by atoms with van der Waals surface area (Å²) in [5, 5.41) is 0.560. The Labute approximate surface area is 114 Å². The Morgan fingerprint density at radius 3 is 2.67 bits per heavy atom. The van der Waals surface area contributed by atoms with Gasteiger partial charge in [0.1, 0.15) is 17.3 Å². The lowest BCUT2D eigenvalue weighted by atomic mass is 10.1. The zero-order chi connectivity index (χ0) is 13.5. The summed E-state index contributed by atoms with van der Waals surface area (Å²) < 4.78 is 5.22. The van der Waals surface area contributed by atoms with E-state index in [2.05, 4.69) is 35.6 Å². The molecule has 5 heteroatoms. The van der Waals surface area contributed by atoms with Crippen LogP contribution in [0.4, 0.5) is 5.82 Å². The van der Waals surface area contributed by atoms with Gasteiger partial charge in [-0.1, -0.05) is 24.9 Å². The Morgan fingerprint density at radius 1 is 1.39 bits per heavy atom. The highest BCUT2D eigenvalue weighted by Crippen LogP contribution is 2.26. The third-order valence-electron chi connectivity index (χ3n) is 2.92. The standard InChI is InChI=1S/C13H22ClN3O/c1-5-7-11-12(14)15-9-16-13(11)17(6-2)10(3)8-18-4/h9-10H,5-8H2,1-4H3. The second kappa shape index (κ2) is 7.54. The van der Waals surface area contributed by atoms with Gasteiger partial charge in [-0.05, 0) is 20.3 Å². The van der Waals surface area contributed by atoms with Crippen molar-refractivity contribution in [1.82, 2.24) is 9.97 Å². The molecule has 1 aromatic rings. The van der Waals surface area contributed by atoms with Gasteiger partial charge in [0.2, 0.25) is 0 Å². The maximum Gasteiger partial charge on any atom is 0.137 e. The molecule has 0 radical (unpaired) electrons. The number of anilines is 1. The van der Waals surface area contributed by atoms with Gasteiger partial charge in [-0.2, -0.15) is 0 Å². The first-order chi connectivity index (χ1) is 8.65. The smallest absolute Gasteiger partial charge is 0.137 e. The third kappa shape index (κ3) is 3.56. The fourth-order valence-electron chi connectivity index (χ4n) is 2.10. The average molecular weight is 272 g/mol. The van der Waals surface area contributed by atoms with Crippen LogP contribution < -0.4 is 4.90 Å². The topological polar surface area (TPSA) is 38.2 Å². The lowest BCUT2D eigenvalue weighted by Crippen LogP contribution is -2.37. The molecule has 0 aliphatic carbocycles. The Bertz CT molecular complexity index is 373. The molecule has 0 saturated carbocycles. The first kappa shape index (κ1) is 15.2. The monoisotopic (exact) mass is 271 g/mol. The molecule has 0 aliphatic heterocycles. The van der Waals surface area contributed by atoms with Crippen molar-refractivity contribution in [3.05, 3.63) is 17.0 Å². The van der Waals surface area contributed by atoms with Crippen LogP contribution in [0.15, 0.2) is 6.33 Å². The van der Waals surface area contributed by atoms with Gasteiger partial charge < -0.3 is 9.64 Å². The zero-order valence-corrected chi connectivity index (χ0v) is 12.4. The number of rotatable bonds is 7. The fourth-order valence-corrected chi connectivity index (χ4v) is 2.32. The van der Waals surface area contributed by atoms with Crippen LogP contribution in [0, 0.1) is 0 Å². The lowest BCUT2D eigenvalue weighted by molar-refractivity contribution is 0.181. The van der Waals surface area contributed by atoms with Gasteiger partial charge in [0.25, 0.3) is 0 Å². The number of ether oxygens (including phenoxy) is 1. The SMILES string of the molecule is CCCc1c(Cl)ncnc1N(CC)C(C)COC. The van der Waals surface area contributed by atoms with Crippen molar-refractivity contribution in [3.8, 4) is 0 Å². The van der Waals surface area contributed by atoms with Crippen molar-refractivity contribution < 1.29 is 4.74 Å². The molecule has 1 aromatic heterocycles. The molecule has 1 rings (SSSR count). The quantitative estimate of drug-likeness (QED) is 0.715. The minimum absolute atomic E-state index is 0.265. The van der Waals surface area contributed by atoms with E-state index in [1.165, 1.54) is 6.33 Å². The molecule has 0 N–H and O–H groups in total. The van der Waals surface area contributed by atoms with Crippen molar-refractivity contribution >= 4 is 17.4 Å². The van der Waals surface area contributed by atoms with E-state index >= 15 is 0 Å². The zero-order valence-electron chi connectivity index (χ0n) is 11.6. The summed E-state index contributed by atoms with van der Waals surface area (Å²) in [6.45, 7) is 7.90. The van der Waals surface area contributed by atoms with Gasteiger partial charge in [0.15, 0.2) is 0 Å². The minimum atomic E-state index is 0.265. The molecule has 18 heavy (non-hydrogen) atoms. The average Bonchev–Trinajstić information content (AvgIpc) is 2.34. The van der Waals surface area contributed by atoms with Crippen molar-refractivity contribution in [3.63, 3.8) is 0 Å². The first-order valence-electron chi connectivity index (χ1n) is 6.40. The Balaban J connectivity index is 3.08. The van der Waals surface area contributed by atoms with E-state index in [4.69, 9.17) is 16.3 Å². The number of methoxy groups -OCH3 is 1. The molecule has 1 heterocycles. The molecule has 0 amide bonds. The molecule has 0 bridgehead atoms. The number of nitrogens with zero attached hydrogens (tertiary/aromatic N) is 3. The molecular formula is C13H22ClN3O. The normalized spacial score (nSPS) is 12.5. The van der Waals surface area contributed by atoms with Crippen LogP contribution in [0.1, 0.15) is 32.8 Å². The van der Waals surface area contributed by atoms with Gasteiger partial charge in [-0.25, -0.2) is 9.97 Å². The number of aromatic nitrogens is 2. The fraction of sp³-hybridized carbons (Fsp3) is 0.692. The van der Waals surface area contributed by atoms with Crippen molar-refractivity contribution in [1.29, 1.82) is 0 Å². The van der Waals surface area contributed by atoms with Crippen LogP contribution in [-0.4, -0.2) is 36.3 Å². The Kier molecular flexibility index (Phi) is 6.36. The number of likely N-dealkylation sites (N-methyl/N-ethyl adjacent to an activating group) is 1. The van der Waals surface area contributed by atoms with Crippen molar-refractivity contribution in [2.75, 3.05) is 25.2 Å². The first-order valence-corrected chi connectivity index (χ1v) is 6.78. The molecule has 0 saturated heterocycles. The van der Waals surface area contributed by atoms with Crippen LogP contribution in [0.25, 0.3) is 0 Å². The predicted octanol–water partition coefficient (Wildman–Crippen LogP) is 2.94. The van der Waals surface area contributed by atoms with Crippen LogP contribution in [0.5, 0.6) is 0 Å². The molecular weight excluding hydrogens is 250 g/mol. The largest absolute Gasteiger partial charge is 0.383 e. The van der Waals surface area contributed by atoms with E-state index in [0.717, 1.165) is 30.8 Å². The second-order valence-electron chi connectivity index (χ2n) is 4.31. The second-order valence-corrected chi connectivity index (χ2v) is 4.67. The van der Waals surface area contributed by atoms with Crippen LogP contribution in [0.2, 0.25) is 5.15 Å². The van der Waals surface area contributed by atoms with E-state index in [0.29, 0.717) is 11.8 Å². The maximum atomic E-state index is 6.18. The van der Waals surface area contributed by atoms with Gasteiger partial charge in [-0.15, -0.1) is 0 Å². The molecule has 102 valence electrons. The van der Waals surface area contributed by atoms with E-state index in [9.17, 15) is 0 Å². The molecule has 4 nitrogen and oxygen atoms in total. The van der Waals surface area contributed by atoms with E-state index in [1.54, 1.807) is 7.11 Å². The summed E-state index contributed by atoms with van der Waals surface area (Å²) in [4.78, 5) is 10.7. The highest BCUT2D eigenvalue weighted by atomic mass is 35.5. The van der Waals surface area contributed by atoms with E-state index in [1.807, 2.05) is 0 Å². The molecule has 1 unspecified atom stereocenters. The van der Waals surface area contributed by atoms with Gasteiger partial charge in [0, 0.05) is 19.2 Å². The number of hydrogen-bond acceptors (Lipinski definition) is 4. The summed E-state index contributed by atoms with van der Waals surface area (Å²) >= 11 is 6.18. The molecule has 0 spiro atoms. The number of halogens is 1. The Morgan fingerprint density at radius 2 is 2.11 bits per heavy atom. The lowest BCUT2D eigenvalue weighted by Gasteiger charge is -2.30. The Hall–Kier alpha value is -0.870. The van der Waals surface area contributed by atoms with Gasteiger partial charge in [0.05, 0.1) is 12.6 Å². The van der Waals surface area contributed by atoms with E-state index in [-0.39, 0.29) is 6.04 Å². The predicted molar refractivity (Wildman–Crippen MR) is 75.4 cm³/mol. The van der Waals surface area contributed by atoms with Crippen LogP contribution in [-0.2, 0) is 11.2 Å². The van der Waals surface area contributed by atoms with Crippen molar-refractivity contribution in [2.24, 2.45) is 0 Å². The summed E-state index contributed by atoms with van der Waals surface area (Å²) in [6, 6.07) is 0.265.